The molecule has 0 aliphatic carbocycles. The number of hydrogen-bond donors (Lipinski definition) is 1. The van der Waals surface area contributed by atoms with Gasteiger partial charge >= 0.3 is 5.97 Å². The number of esters is 1. The smallest absolute Gasteiger partial charge is 0.338 e. The molecule has 1 N–H and O–H groups in total. The van der Waals surface area contributed by atoms with E-state index in [1.165, 1.54) is 7.11 Å². The number of carbonyl (C=O) groups is 2. The number of methoxy groups -OCH3 is 1. The van der Waals surface area contributed by atoms with Crippen molar-refractivity contribution < 1.29 is 23.8 Å². The number of hydrogen-bond acceptors (Lipinski definition) is 5. The lowest BCUT2D eigenvalue weighted by Gasteiger charge is -2.10. The van der Waals surface area contributed by atoms with E-state index < -0.39 is 11.9 Å². The van der Waals surface area contributed by atoms with Crippen molar-refractivity contribution in [1.29, 1.82) is 0 Å². The molecule has 126 valence electrons. The molecule has 0 saturated heterocycles. The highest BCUT2D eigenvalue weighted by Crippen LogP contribution is 2.22. The molecule has 0 spiro atoms. The van der Waals surface area contributed by atoms with Crippen LogP contribution in [0.2, 0.25) is 0 Å². The van der Waals surface area contributed by atoms with Crippen LogP contribution in [-0.4, -0.2) is 32.2 Å². The summed E-state index contributed by atoms with van der Waals surface area (Å²) in [6.07, 6.45) is 0. The van der Waals surface area contributed by atoms with E-state index in [2.05, 4.69) is 5.32 Å². The average Bonchev–Trinajstić information content (AvgIpc) is 2.61. The summed E-state index contributed by atoms with van der Waals surface area (Å²) in [6, 6.07) is 13.5. The SMILES string of the molecule is CCOc1ccc(C(=O)OCC(=O)Nc2ccccc2OC)cc1. The number of amides is 1. The molecule has 0 aromatic heterocycles. The third-order valence-corrected chi connectivity index (χ3v) is 3.12. The van der Waals surface area contributed by atoms with Crippen molar-refractivity contribution in [3.63, 3.8) is 0 Å². The van der Waals surface area contributed by atoms with E-state index >= 15 is 0 Å². The Hall–Kier alpha value is -3.02. The molecule has 0 aliphatic heterocycles. The molecule has 0 unspecified atom stereocenters. The highest BCUT2D eigenvalue weighted by atomic mass is 16.5. The van der Waals surface area contributed by atoms with Gasteiger partial charge in [-0.25, -0.2) is 4.79 Å². The van der Waals surface area contributed by atoms with Crippen LogP contribution in [0.25, 0.3) is 0 Å². The Morgan fingerprint density at radius 2 is 1.75 bits per heavy atom. The lowest BCUT2D eigenvalue weighted by atomic mass is 10.2. The summed E-state index contributed by atoms with van der Waals surface area (Å²) in [5.41, 5.74) is 0.866. The number of ether oxygens (including phenoxy) is 3. The minimum atomic E-state index is -0.576. The zero-order valence-electron chi connectivity index (χ0n) is 13.6. The second-order valence-electron chi connectivity index (χ2n) is 4.78. The minimum absolute atomic E-state index is 0.351. The van der Waals surface area contributed by atoms with E-state index in [1.54, 1.807) is 48.5 Å². The van der Waals surface area contributed by atoms with Gasteiger partial charge in [0.15, 0.2) is 6.61 Å². The molecule has 0 fully saturated rings. The van der Waals surface area contributed by atoms with Crippen molar-refractivity contribution in [2.75, 3.05) is 25.6 Å². The molecule has 2 rings (SSSR count). The zero-order chi connectivity index (χ0) is 17.4. The fourth-order valence-corrected chi connectivity index (χ4v) is 2.00. The lowest BCUT2D eigenvalue weighted by Crippen LogP contribution is -2.21. The topological polar surface area (TPSA) is 73.9 Å². The Balaban J connectivity index is 1.87. The van der Waals surface area contributed by atoms with Crippen LogP contribution >= 0.6 is 0 Å². The normalized spacial score (nSPS) is 9.92. The van der Waals surface area contributed by atoms with Crippen LogP contribution in [0.1, 0.15) is 17.3 Å². The second kappa shape index (κ2) is 8.57. The molecule has 0 aliphatic rings. The van der Waals surface area contributed by atoms with E-state index in [0.717, 1.165) is 0 Å². The van der Waals surface area contributed by atoms with Crippen molar-refractivity contribution in [3.8, 4) is 11.5 Å². The molecule has 2 aromatic rings. The number of nitrogens with one attached hydrogen (secondary N) is 1. The van der Waals surface area contributed by atoms with Gasteiger partial charge in [0.1, 0.15) is 11.5 Å². The van der Waals surface area contributed by atoms with Gasteiger partial charge in [-0.05, 0) is 43.3 Å². The summed E-state index contributed by atoms with van der Waals surface area (Å²) in [4.78, 5) is 23.8. The molecule has 0 heterocycles. The number of carbonyl (C=O) groups excluding carboxylic acids is 2. The Labute approximate surface area is 140 Å². The van der Waals surface area contributed by atoms with E-state index in [4.69, 9.17) is 14.2 Å². The van der Waals surface area contributed by atoms with Crippen LogP contribution in [-0.2, 0) is 9.53 Å². The zero-order valence-corrected chi connectivity index (χ0v) is 13.6. The summed E-state index contributed by atoms with van der Waals surface area (Å²) in [5, 5.41) is 2.63. The predicted molar refractivity (Wildman–Crippen MR) is 89.5 cm³/mol. The summed E-state index contributed by atoms with van der Waals surface area (Å²) < 4.78 is 15.4. The number of benzene rings is 2. The monoisotopic (exact) mass is 329 g/mol. The van der Waals surface area contributed by atoms with Gasteiger partial charge in [0.05, 0.1) is 25.0 Å². The maximum Gasteiger partial charge on any atom is 0.338 e. The molecule has 0 bridgehead atoms. The molecule has 0 atom stereocenters. The number of anilines is 1. The second-order valence-corrected chi connectivity index (χ2v) is 4.78. The highest BCUT2D eigenvalue weighted by Gasteiger charge is 2.12. The van der Waals surface area contributed by atoms with Gasteiger partial charge in [-0.15, -0.1) is 0 Å². The average molecular weight is 329 g/mol. The molecule has 6 heteroatoms. The van der Waals surface area contributed by atoms with Crippen molar-refractivity contribution in [3.05, 3.63) is 54.1 Å². The number of rotatable bonds is 7. The summed E-state index contributed by atoms with van der Waals surface area (Å²) >= 11 is 0. The predicted octanol–water partition coefficient (Wildman–Crippen LogP) is 2.89. The molecule has 2 aromatic carbocycles. The van der Waals surface area contributed by atoms with Crippen LogP contribution in [0.3, 0.4) is 0 Å². The Morgan fingerprint density at radius 3 is 2.42 bits per heavy atom. The third kappa shape index (κ3) is 4.74. The van der Waals surface area contributed by atoms with Crippen LogP contribution in [0.4, 0.5) is 5.69 Å². The minimum Gasteiger partial charge on any atom is -0.495 e. The van der Waals surface area contributed by atoms with E-state index in [1.807, 2.05) is 6.92 Å². The van der Waals surface area contributed by atoms with Crippen molar-refractivity contribution in [2.45, 2.75) is 6.92 Å². The van der Waals surface area contributed by atoms with Crippen molar-refractivity contribution in [2.24, 2.45) is 0 Å². The largest absolute Gasteiger partial charge is 0.495 e. The van der Waals surface area contributed by atoms with Crippen LogP contribution in [0.15, 0.2) is 48.5 Å². The highest BCUT2D eigenvalue weighted by molar-refractivity contribution is 5.96. The lowest BCUT2D eigenvalue weighted by molar-refractivity contribution is -0.119. The first-order valence-corrected chi connectivity index (χ1v) is 7.47. The summed E-state index contributed by atoms with van der Waals surface area (Å²) in [5.74, 6) is 0.179. The number of para-hydroxylation sites is 2. The quantitative estimate of drug-likeness (QED) is 0.791. The van der Waals surface area contributed by atoms with Gasteiger partial charge in [0.2, 0.25) is 0 Å². The van der Waals surface area contributed by atoms with Crippen molar-refractivity contribution >= 4 is 17.6 Å². The molecule has 24 heavy (non-hydrogen) atoms. The standard InChI is InChI=1S/C18H19NO5/c1-3-23-14-10-8-13(9-11-14)18(21)24-12-17(20)19-15-6-4-5-7-16(15)22-2/h4-11H,3,12H2,1-2H3,(H,19,20). The molecular formula is C18H19NO5. The maximum atomic E-state index is 11.9. The fraction of sp³-hybridized carbons (Fsp3) is 0.222. The van der Waals surface area contributed by atoms with Gasteiger partial charge in [-0.1, -0.05) is 12.1 Å². The van der Waals surface area contributed by atoms with Crippen LogP contribution < -0.4 is 14.8 Å². The van der Waals surface area contributed by atoms with Gasteiger partial charge in [0, 0.05) is 0 Å². The molecule has 0 saturated carbocycles. The Morgan fingerprint density at radius 1 is 1.04 bits per heavy atom. The van der Waals surface area contributed by atoms with E-state index in [-0.39, 0.29) is 6.61 Å². The fourth-order valence-electron chi connectivity index (χ4n) is 2.00. The van der Waals surface area contributed by atoms with Crippen LogP contribution in [0, 0.1) is 0 Å². The van der Waals surface area contributed by atoms with Gasteiger partial charge in [0.25, 0.3) is 5.91 Å². The Bertz CT molecular complexity index is 697. The molecule has 0 radical (unpaired) electrons. The van der Waals surface area contributed by atoms with Gasteiger partial charge < -0.3 is 19.5 Å². The third-order valence-electron chi connectivity index (χ3n) is 3.12. The summed E-state index contributed by atoms with van der Waals surface area (Å²) in [6.45, 7) is 2.04. The molecule has 6 nitrogen and oxygen atoms in total. The van der Waals surface area contributed by atoms with Gasteiger partial charge in [-0.2, -0.15) is 0 Å². The van der Waals surface area contributed by atoms with Crippen molar-refractivity contribution in [1.82, 2.24) is 0 Å². The first kappa shape index (κ1) is 17.3. The first-order valence-electron chi connectivity index (χ1n) is 7.47. The maximum absolute atomic E-state index is 11.9. The molecular weight excluding hydrogens is 310 g/mol. The van der Waals surface area contributed by atoms with Crippen LogP contribution in [0.5, 0.6) is 11.5 Å². The first-order chi connectivity index (χ1) is 11.6. The Kier molecular flexibility index (Phi) is 6.19. The van der Waals surface area contributed by atoms with E-state index in [9.17, 15) is 9.59 Å². The summed E-state index contributed by atoms with van der Waals surface area (Å²) in [7, 11) is 1.51. The van der Waals surface area contributed by atoms with Gasteiger partial charge in [-0.3, -0.25) is 4.79 Å². The molecule has 1 amide bonds. The van der Waals surface area contributed by atoms with E-state index in [0.29, 0.717) is 29.4 Å².